The lowest BCUT2D eigenvalue weighted by Crippen LogP contribution is -2.50. The first-order valence-electron chi connectivity index (χ1n) is 15.7. The normalized spacial score (nSPS) is 16.6. The van der Waals surface area contributed by atoms with Crippen LogP contribution in [-0.4, -0.2) is 49.1 Å². The fraction of sp³-hybridized carbons (Fsp3) is 0.351. The van der Waals surface area contributed by atoms with Gasteiger partial charge in [-0.15, -0.1) is 0 Å². The van der Waals surface area contributed by atoms with Crippen LogP contribution in [0.5, 0.6) is 0 Å². The summed E-state index contributed by atoms with van der Waals surface area (Å²) < 4.78 is 6.17. The highest BCUT2D eigenvalue weighted by molar-refractivity contribution is 6.34. The van der Waals surface area contributed by atoms with Crippen molar-refractivity contribution in [2.24, 2.45) is 0 Å². The van der Waals surface area contributed by atoms with Crippen LogP contribution in [-0.2, 0) is 13.0 Å². The van der Waals surface area contributed by atoms with Gasteiger partial charge in [-0.2, -0.15) is 5.26 Å². The number of aryl methyl sites for hydroxylation is 1. The second-order valence-corrected chi connectivity index (χ2v) is 12.5. The Morgan fingerprint density at radius 3 is 2.62 bits per heavy atom. The first-order valence-corrected chi connectivity index (χ1v) is 16.1. The summed E-state index contributed by atoms with van der Waals surface area (Å²) in [6.45, 7) is 10.8. The monoisotopic (exact) mass is 623 g/mol. The zero-order valence-electron chi connectivity index (χ0n) is 26.3. The first-order chi connectivity index (χ1) is 21.8. The van der Waals surface area contributed by atoms with Crippen molar-refractivity contribution in [1.29, 1.82) is 5.26 Å². The Balaban J connectivity index is 1.26. The summed E-state index contributed by atoms with van der Waals surface area (Å²) in [7, 11) is 0. The summed E-state index contributed by atoms with van der Waals surface area (Å²) >= 11 is 6.58. The first kappa shape index (κ1) is 32.5. The molecule has 3 aromatic carbocycles. The Hall–Kier alpha value is -3.93. The predicted octanol–water partition coefficient (Wildman–Crippen LogP) is 6.66. The second-order valence-electron chi connectivity index (χ2n) is 12.1. The van der Waals surface area contributed by atoms with E-state index in [1.807, 2.05) is 42.5 Å². The number of carbonyl (C=O) groups is 1. The molecule has 8 heteroatoms. The molecule has 3 atom stereocenters. The van der Waals surface area contributed by atoms with Crippen molar-refractivity contribution in [3.05, 3.63) is 117 Å². The SMILES string of the molecule is Cc1ccc([C@@H](C)NCc2ccc(-c3ccc(Cl)c(C(=O)N[C@@H](CCN4CCN[C@@H](C)C4)Cc4ccc(C#N)cc4)c3)o2)cc1. The van der Waals surface area contributed by atoms with Crippen LogP contribution in [0.3, 0.4) is 0 Å². The molecule has 0 aliphatic carbocycles. The van der Waals surface area contributed by atoms with Gasteiger partial charge in [0.2, 0.25) is 0 Å². The third-order valence-corrected chi connectivity index (χ3v) is 8.79. The zero-order valence-corrected chi connectivity index (χ0v) is 27.0. The highest BCUT2D eigenvalue weighted by atomic mass is 35.5. The van der Waals surface area contributed by atoms with Crippen molar-refractivity contribution in [2.45, 2.75) is 58.3 Å². The van der Waals surface area contributed by atoms with E-state index in [4.69, 9.17) is 16.0 Å². The maximum Gasteiger partial charge on any atom is 0.253 e. The molecule has 1 fully saturated rings. The van der Waals surface area contributed by atoms with Gasteiger partial charge in [-0.25, -0.2) is 0 Å². The lowest BCUT2D eigenvalue weighted by atomic mass is 10.0. The molecule has 1 aliphatic rings. The fourth-order valence-corrected chi connectivity index (χ4v) is 5.95. The van der Waals surface area contributed by atoms with Crippen molar-refractivity contribution >= 4 is 17.5 Å². The number of carbonyl (C=O) groups excluding carboxylic acids is 1. The van der Waals surface area contributed by atoms with Crippen LogP contribution in [0.2, 0.25) is 5.02 Å². The van der Waals surface area contributed by atoms with Gasteiger partial charge in [0.25, 0.3) is 5.91 Å². The van der Waals surface area contributed by atoms with E-state index in [-0.39, 0.29) is 18.0 Å². The smallest absolute Gasteiger partial charge is 0.253 e. The molecule has 4 aromatic rings. The molecule has 1 amide bonds. The quantitative estimate of drug-likeness (QED) is 0.164. The summed E-state index contributed by atoms with van der Waals surface area (Å²) in [4.78, 5) is 16.1. The second kappa shape index (κ2) is 15.4. The summed E-state index contributed by atoms with van der Waals surface area (Å²) in [6.07, 6.45) is 1.46. The molecule has 2 heterocycles. The van der Waals surface area contributed by atoms with E-state index in [9.17, 15) is 10.1 Å². The average Bonchev–Trinajstić information content (AvgIpc) is 3.52. The Morgan fingerprint density at radius 1 is 1.11 bits per heavy atom. The molecule has 0 unspecified atom stereocenters. The van der Waals surface area contributed by atoms with Crippen LogP contribution in [0.1, 0.15) is 64.7 Å². The lowest BCUT2D eigenvalue weighted by molar-refractivity contribution is 0.0929. The van der Waals surface area contributed by atoms with E-state index < -0.39 is 0 Å². The van der Waals surface area contributed by atoms with E-state index in [2.05, 4.69) is 72.0 Å². The van der Waals surface area contributed by atoms with Gasteiger partial charge in [0.15, 0.2) is 0 Å². The van der Waals surface area contributed by atoms with Gasteiger partial charge in [-0.05, 0) is 87.2 Å². The molecule has 7 nitrogen and oxygen atoms in total. The van der Waals surface area contributed by atoms with Gasteiger partial charge in [0.05, 0.1) is 28.8 Å². The van der Waals surface area contributed by atoms with Gasteiger partial charge >= 0.3 is 0 Å². The third kappa shape index (κ3) is 9.06. The number of hydrogen-bond acceptors (Lipinski definition) is 6. The van der Waals surface area contributed by atoms with E-state index >= 15 is 0 Å². The predicted molar refractivity (Wildman–Crippen MR) is 180 cm³/mol. The molecule has 45 heavy (non-hydrogen) atoms. The maximum atomic E-state index is 13.7. The molecule has 0 saturated carbocycles. The topological polar surface area (TPSA) is 93.3 Å². The number of halogens is 1. The molecule has 234 valence electrons. The number of piperazine rings is 1. The Labute approximate surface area is 271 Å². The largest absolute Gasteiger partial charge is 0.460 e. The highest BCUT2D eigenvalue weighted by Crippen LogP contribution is 2.28. The van der Waals surface area contributed by atoms with Crippen molar-refractivity contribution in [1.82, 2.24) is 20.9 Å². The van der Waals surface area contributed by atoms with Crippen LogP contribution < -0.4 is 16.0 Å². The summed E-state index contributed by atoms with van der Waals surface area (Å²) in [5.41, 5.74) is 5.36. The van der Waals surface area contributed by atoms with E-state index in [0.29, 0.717) is 40.9 Å². The molecule has 0 radical (unpaired) electrons. The Bertz CT molecular complexity index is 1610. The van der Waals surface area contributed by atoms with E-state index in [1.54, 1.807) is 12.1 Å². The molecule has 1 aliphatic heterocycles. The zero-order chi connectivity index (χ0) is 31.8. The molecular formula is C37H42ClN5O2. The molecule has 5 rings (SSSR count). The van der Waals surface area contributed by atoms with Crippen LogP contribution in [0.4, 0.5) is 0 Å². The summed E-state index contributed by atoms with van der Waals surface area (Å²) in [5, 5.41) is 19.9. The number of nitrogens with zero attached hydrogens (tertiary/aromatic N) is 2. The van der Waals surface area contributed by atoms with Gasteiger partial charge in [-0.3, -0.25) is 4.79 Å². The standard InChI is InChI=1S/C37H42ClN5O2/c1-25-4-10-30(11-5-25)27(3)41-23-33-13-15-36(45-33)31-12-14-35(38)34(21-31)37(44)42-32(16-18-43-19-17-40-26(2)24-43)20-28-6-8-29(22-39)9-7-28/h4-15,21,26-27,32,40-41H,16-20,23-24H2,1-3H3,(H,42,44)/t26-,27+,32-/m0/s1. The minimum absolute atomic E-state index is 0.104. The van der Waals surface area contributed by atoms with Crippen molar-refractivity contribution in [3.63, 3.8) is 0 Å². The Kier molecular flexibility index (Phi) is 11.1. The van der Waals surface area contributed by atoms with Crippen LogP contribution in [0.15, 0.2) is 83.3 Å². The molecule has 1 aromatic heterocycles. The van der Waals surface area contributed by atoms with Crippen molar-refractivity contribution in [2.75, 3.05) is 26.2 Å². The number of rotatable bonds is 12. The minimum atomic E-state index is -0.213. The lowest BCUT2D eigenvalue weighted by Gasteiger charge is -2.33. The number of nitriles is 1. The van der Waals surface area contributed by atoms with E-state index in [1.165, 1.54) is 11.1 Å². The number of hydrogen-bond donors (Lipinski definition) is 3. The molecule has 3 N–H and O–H groups in total. The Morgan fingerprint density at radius 2 is 1.89 bits per heavy atom. The fourth-order valence-electron chi connectivity index (χ4n) is 5.75. The van der Waals surface area contributed by atoms with Crippen LogP contribution in [0, 0.1) is 18.3 Å². The average molecular weight is 624 g/mol. The highest BCUT2D eigenvalue weighted by Gasteiger charge is 2.21. The number of benzene rings is 3. The van der Waals surface area contributed by atoms with E-state index in [0.717, 1.165) is 49.5 Å². The molecule has 0 bridgehead atoms. The van der Waals surface area contributed by atoms with Crippen LogP contribution in [0.25, 0.3) is 11.3 Å². The van der Waals surface area contributed by atoms with Crippen molar-refractivity contribution in [3.8, 4) is 17.4 Å². The van der Waals surface area contributed by atoms with Gasteiger partial charge < -0.3 is 25.3 Å². The molecule has 1 saturated heterocycles. The summed E-state index contributed by atoms with van der Waals surface area (Å²) in [6, 6.07) is 28.1. The van der Waals surface area contributed by atoms with Gasteiger partial charge in [0, 0.05) is 49.9 Å². The maximum absolute atomic E-state index is 13.7. The molecular weight excluding hydrogens is 582 g/mol. The van der Waals surface area contributed by atoms with Gasteiger partial charge in [-0.1, -0.05) is 53.6 Å². The third-order valence-electron chi connectivity index (χ3n) is 8.46. The number of furan rings is 1. The van der Waals surface area contributed by atoms with Gasteiger partial charge in [0.1, 0.15) is 11.5 Å². The van der Waals surface area contributed by atoms with Crippen molar-refractivity contribution < 1.29 is 9.21 Å². The van der Waals surface area contributed by atoms with Crippen LogP contribution >= 0.6 is 11.6 Å². The minimum Gasteiger partial charge on any atom is -0.460 e. The number of nitrogens with one attached hydrogen (secondary N) is 3. The molecule has 0 spiro atoms. The number of amides is 1. The summed E-state index contributed by atoms with van der Waals surface area (Å²) in [5.74, 6) is 1.28.